The number of carbonyl (C=O) groups excluding carboxylic acids is 2. The zero-order chi connectivity index (χ0) is 12.0. The van der Waals surface area contributed by atoms with Crippen LogP contribution < -0.4 is 10.6 Å². The standard InChI is InChI=1S/C12H14N2O2/c1-3-13-11(15)9-7-5-6-8-10(9)12(16)14-4-2/h3,5-8H,1,4H2,2H3,(H,13,15)(H,14,16). The lowest BCUT2D eigenvalue weighted by Gasteiger charge is -2.07. The smallest absolute Gasteiger partial charge is 0.255 e. The van der Waals surface area contributed by atoms with E-state index in [4.69, 9.17) is 0 Å². The van der Waals surface area contributed by atoms with Crippen molar-refractivity contribution in [1.82, 2.24) is 10.6 Å². The van der Waals surface area contributed by atoms with Crippen LogP contribution in [0.2, 0.25) is 0 Å². The molecule has 0 fully saturated rings. The second-order valence-corrected chi connectivity index (χ2v) is 3.08. The summed E-state index contributed by atoms with van der Waals surface area (Å²) in [5, 5.41) is 5.10. The molecule has 0 heterocycles. The predicted molar refractivity (Wildman–Crippen MR) is 62.1 cm³/mol. The van der Waals surface area contributed by atoms with Crippen molar-refractivity contribution in [3.63, 3.8) is 0 Å². The molecule has 16 heavy (non-hydrogen) atoms. The Morgan fingerprint density at radius 1 is 1.25 bits per heavy atom. The molecule has 0 atom stereocenters. The van der Waals surface area contributed by atoms with E-state index in [9.17, 15) is 9.59 Å². The Kier molecular flexibility index (Phi) is 4.27. The van der Waals surface area contributed by atoms with Crippen LogP contribution >= 0.6 is 0 Å². The number of nitrogens with one attached hydrogen (secondary N) is 2. The maximum Gasteiger partial charge on any atom is 0.255 e. The van der Waals surface area contributed by atoms with Gasteiger partial charge in [-0.3, -0.25) is 9.59 Å². The van der Waals surface area contributed by atoms with Gasteiger partial charge in [0.05, 0.1) is 11.1 Å². The van der Waals surface area contributed by atoms with Crippen LogP contribution in [-0.2, 0) is 0 Å². The average molecular weight is 218 g/mol. The highest BCUT2D eigenvalue weighted by Crippen LogP contribution is 2.08. The Morgan fingerprint density at radius 2 is 1.81 bits per heavy atom. The number of hydrogen-bond donors (Lipinski definition) is 2. The van der Waals surface area contributed by atoms with Gasteiger partial charge in [0, 0.05) is 6.54 Å². The summed E-state index contributed by atoms with van der Waals surface area (Å²) < 4.78 is 0. The van der Waals surface area contributed by atoms with Crippen LogP contribution in [0.4, 0.5) is 0 Å². The lowest BCUT2D eigenvalue weighted by atomic mass is 10.1. The largest absolute Gasteiger partial charge is 0.352 e. The van der Waals surface area contributed by atoms with Crippen LogP contribution in [0.25, 0.3) is 0 Å². The van der Waals surface area contributed by atoms with Gasteiger partial charge in [-0.25, -0.2) is 0 Å². The zero-order valence-corrected chi connectivity index (χ0v) is 9.12. The SMILES string of the molecule is C=CNC(=O)c1ccccc1C(=O)NCC. The summed E-state index contributed by atoms with van der Waals surface area (Å²) in [7, 11) is 0. The fourth-order valence-electron chi connectivity index (χ4n) is 1.31. The summed E-state index contributed by atoms with van der Waals surface area (Å²) in [6.45, 7) is 5.75. The molecule has 0 spiro atoms. The van der Waals surface area contributed by atoms with Crippen LogP contribution in [0, 0.1) is 0 Å². The van der Waals surface area contributed by atoms with Crippen LogP contribution in [0.5, 0.6) is 0 Å². The fourth-order valence-corrected chi connectivity index (χ4v) is 1.31. The highest BCUT2D eigenvalue weighted by atomic mass is 16.2. The third-order valence-corrected chi connectivity index (χ3v) is 1.99. The lowest BCUT2D eigenvalue weighted by molar-refractivity contribution is 0.0928. The Balaban J connectivity index is 3.04. The number of carbonyl (C=O) groups is 2. The minimum atomic E-state index is -0.336. The molecule has 2 amide bonds. The van der Waals surface area contributed by atoms with Gasteiger partial charge in [-0.1, -0.05) is 18.7 Å². The maximum atomic E-state index is 11.7. The molecule has 84 valence electrons. The molecule has 0 bridgehead atoms. The molecular formula is C12H14N2O2. The van der Waals surface area contributed by atoms with E-state index in [0.29, 0.717) is 17.7 Å². The van der Waals surface area contributed by atoms with Crippen molar-refractivity contribution in [2.24, 2.45) is 0 Å². The van der Waals surface area contributed by atoms with Gasteiger partial charge < -0.3 is 10.6 Å². The Labute approximate surface area is 94.4 Å². The summed E-state index contributed by atoms with van der Waals surface area (Å²) in [6, 6.07) is 6.64. The van der Waals surface area contributed by atoms with Crippen molar-refractivity contribution in [2.45, 2.75) is 6.92 Å². The maximum absolute atomic E-state index is 11.7. The van der Waals surface area contributed by atoms with Crippen molar-refractivity contribution >= 4 is 11.8 Å². The summed E-state index contributed by atoms with van der Waals surface area (Å²) >= 11 is 0. The minimum Gasteiger partial charge on any atom is -0.352 e. The molecule has 1 rings (SSSR count). The zero-order valence-electron chi connectivity index (χ0n) is 9.12. The Morgan fingerprint density at radius 3 is 2.31 bits per heavy atom. The summed E-state index contributed by atoms with van der Waals surface area (Å²) in [5.41, 5.74) is 0.706. The monoisotopic (exact) mass is 218 g/mol. The summed E-state index contributed by atoms with van der Waals surface area (Å²) in [4.78, 5) is 23.3. The van der Waals surface area contributed by atoms with E-state index in [1.54, 1.807) is 24.3 Å². The molecule has 0 saturated heterocycles. The van der Waals surface area contributed by atoms with Crippen LogP contribution in [-0.4, -0.2) is 18.4 Å². The molecule has 0 saturated carbocycles. The van der Waals surface area contributed by atoms with E-state index in [2.05, 4.69) is 17.2 Å². The van der Waals surface area contributed by atoms with Crippen molar-refractivity contribution in [3.05, 3.63) is 48.2 Å². The Bertz CT molecular complexity index is 413. The quantitative estimate of drug-likeness (QED) is 0.800. The van der Waals surface area contributed by atoms with E-state index < -0.39 is 0 Å². The number of amides is 2. The van der Waals surface area contributed by atoms with E-state index in [0.717, 1.165) is 0 Å². The second-order valence-electron chi connectivity index (χ2n) is 3.08. The molecule has 1 aromatic rings. The number of rotatable bonds is 4. The van der Waals surface area contributed by atoms with Gasteiger partial charge in [0.25, 0.3) is 11.8 Å². The van der Waals surface area contributed by atoms with E-state index in [-0.39, 0.29) is 11.8 Å². The molecule has 1 aromatic carbocycles. The summed E-state index contributed by atoms with van der Waals surface area (Å²) in [6.07, 6.45) is 1.29. The van der Waals surface area contributed by atoms with Gasteiger partial charge in [-0.2, -0.15) is 0 Å². The van der Waals surface area contributed by atoms with Gasteiger partial charge in [-0.05, 0) is 25.3 Å². The molecule has 0 aliphatic heterocycles. The third-order valence-electron chi connectivity index (χ3n) is 1.99. The van der Waals surface area contributed by atoms with Gasteiger partial charge in [0.15, 0.2) is 0 Å². The van der Waals surface area contributed by atoms with E-state index >= 15 is 0 Å². The number of benzene rings is 1. The Hall–Kier alpha value is -2.10. The first-order valence-electron chi connectivity index (χ1n) is 4.99. The molecule has 0 aromatic heterocycles. The van der Waals surface area contributed by atoms with Gasteiger partial charge in [0.2, 0.25) is 0 Å². The van der Waals surface area contributed by atoms with E-state index in [1.807, 2.05) is 6.92 Å². The molecule has 4 nitrogen and oxygen atoms in total. The molecule has 0 unspecified atom stereocenters. The molecular weight excluding hydrogens is 204 g/mol. The molecule has 4 heteroatoms. The summed E-state index contributed by atoms with van der Waals surface area (Å²) in [5.74, 6) is -0.589. The van der Waals surface area contributed by atoms with Gasteiger partial charge in [0.1, 0.15) is 0 Å². The first-order valence-corrected chi connectivity index (χ1v) is 4.99. The third kappa shape index (κ3) is 2.70. The van der Waals surface area contributed by atoms with Crippen LogP contribution in [0.15, 0.2) is 37.0 Å². The molecule has 0 aliphatic carbocycles. The fraction of sp³-hybridized carbons (Fsp3) is 0.167. The lowest BCUT2D eigenvalue weighted by Crippen LogP contribution is -2.27. The van der Waals surface area contributed by atoms with Gasteiger partial charge in [-0.15, -0.1) is 0 Å². The molecule has 2 N–H and O–H groups in total. The van der Waals surface area contributed by atoms with E-state index in [1.165, 1.54) is 6.20 Å². The highest BCUT2D eigenvalue weighted by molar-refractivity contribution is 6.07. The topological polar surface area (TPSA) is 58.2 Å². The van der Waals surface area contributed by atoms with Crippen LogP contribution in [0.3, 0.4) is 0 Å². The normalized spacial score (nSPS) is 9.31. The first-order chi connectivity index (χ1) is 7.70. The molecule has 0 aliphatic rings. The molecule has 0 radical (unpaired) electrons. The predicted octanol–water partition coefficient (Wildman–Crippen LogP) is 1.31. The van der Waals surface area contributed by atoms with Crippen molar-refractivity contribution in [2.75, 3.05) is 6.54 Å². The minimum absolute atomic E-state index is 0.252. The van der Waals surface area contributed by atoms with Crippen LogP contribution in [0.1, 0.15) is 27.6 Å². The second kappa shape index (κ2) is 5.70. The van der Waals surface area contributed by atoms with Crippen molar-refractivity contribution in [3.8, 4) is 0 Å². The van der Waals surface area contributed by atoms with Crippen molar-refractivity contribution < 1.29 is 9.59 Å². The van der Waals surface area contributed by atoms with Gasteiger partial charge >= 0.3 is 0 Å². The average Bonchev–Trinajstić information content (AvgIpc) is 2.30. The van der Waals surface area contributed by atoms with Crippen molar-refractivity contribution in [1.29, 1.82) is 0 Å². The first kappa shape index (κ1) is 12.0. The number of hydrogen-bond acceptors (Lipinski definition) is 2. The highest BCUT2D eigenvalue weighted by Gasteiger charge is 2.14.